The molecule has 0 radical (unpaired) electrons. The van der Waals surface area contributed by atoms with Gasteiger partial charge >= 0.3 is 0 Å². The number of anilines is 1. The number of methoxy groups -OCH3 is 1. The number of nitrogens with one attached hydrogen (secondary N) is 1. The molecule has 3 aromatic rings. The molecular weight excluding hydrogens is 420 g/mol. The third-order valence-electron chi connectivity index (χ3n) is 5.40. The van der Waals surface area contributed by atoms with Crippen LogP contribution in [0.5, 0.6) is 5.75 Å². The first-order chi connectivity index (χ1) is 15.9. The van der Waals surface area contributed by atoms with E-state index in [4.69, 9.17) is 9.73 Å². The van der Waals surface area contributed by atoms with E-state index >= 15 is 0 Å². The van der Waals surface area contributed by atoms with Crippen LogP contribution in [0.2, 0.25) is 0 Å². The van der Waals surface area contributed by atoms with Gasteiger partial charge in [0.05, 0.1) is 23.4 Å². The number of aliphatic imine (C=N–C) groups is 1. The fourth-order valence-electron chi connectivity index (χ4n) is 3.89. The van der Waals surface area contributed by atoms with E-state index in [1.165, 1.54) is 12.1 Å². The predicted molar refractivity (Wildman–Crippen MR) is 127 cm³/mol. The summed E-state index contributed by atoms with van der Waals surface area (Å²) in [7, 11) is 5.57. The largest absolute Gasteiger partial charge is 0.497 e. The number of benzene rings is 3. The van der Waals surface area contributed by atoms with Gasteiger partial charge in [0.25, 0.3) is 5.69 Å². The number of nitro groups is 1. The fraction of sp³-hybridized carbons (Fsp3) is 0.200. The summed E-state index contributed by atoms with van der Waals surface area (Å²) in [5, 5.41) is 14.2. The van der Waals surface area contributed by atoms with Crippen LogP contribution in [-0.2, 0) is 11.3 Å². The smallest absolute Gasteiger partial charge is 0.269 e. The molecule has 0 fully saturated rings. The standard InChI is InChI=1S/C25H24N4O4/c1-28(2)15-16-7-9-18(10-8-16)26-24(17-5-4-6-20(13-17)33-3)23-21-14-19(29(31)32)11-12-22(21)27-25(23)30/h4-14,23H,15H2,1-3H3,(H,27,30). The van der Waals surface area contributed by atoms with Crippen LogP contribution in [0.4, 0.5) is 17.1 Å². The molecule has 0 aromatic heterocycles. The lowest BCUT2D eigenvalue weighted by atomic mass is 9.90. The number of hydrogen-bond acceptors (Lipinski definition) is 6. The molecule has 0 spiro atoms. The number of fused-ring (bicyclic) bond motifs is 1. The van der Waals surface area contributed by atoms with Crippen LogP contribution < -0.4 is 10.1 Å². The minimum atomic E-state index is -0.798. The van der Waals surface area contributed by atoms with Crippen molar-refractivity contribution in [3.05, 3.63) is 93.5 Å². The molecule has 1 unspecified atom stereocenters. The Morgan fingerprint density at radius 1 is 1.12 bits per heavy atom. The maximum Gasteiger partial charge on any atom is 0.269 e. The first-order valence-electron chi connectivity index (χ1n) is 10.4. The van der Waals surface area contributed by atoms with Gasteiger partial charge in [-0.2, -0.15) is 0 Å². The first-order valence-corrected chi connectivity index (χ1v) is 10.4. The topological polar surface area (TPSA) is 97.1 Å². The maximum absolute atomic E-state index is 13.0. The number of carbonyl (C=O) groups is 1. The summed E-state index contributed by atoms with van der Waals surface area (Å²) >= 11 is 0. The highest BCUT2D eigenvalue weighted by Gasteiger charge is 2.36. The number of ether oxygens (including phenoxy) is 1. The third-order valence-corrected chi connectivity index (χ3v) is 5.40. The summed E-state index contributed by atoms with van der Waals surface area (Å²) < 4.78 is 5.37. The van der Waals surface area contributed by atoms with Crippen molar-refractivity contribution in [2.75, 3.05) is 26.5 Å². The Balaban J connectivity index is 1.84. The van der Waals surface area contributed by atoms with Crippen LogP contribution >= 0.6 is 0 Å². The zero-order chi connectivity index (χ0) is 23.5. The van der Waals surface area contributed by atoms with E-state index < -0.39 is 10.8 Å². The molecular formula is C25H24N4O4. The van der Waals surface area contributed by atoms with Gasteiger partial charge in [0.15, 0.2) is 0 Å². The van der Waals surface area contributed by atoms with Gasteiger partial charge in [-0.1, -0.05) is 24.3 Å². The van der Waals surface area contributed by atoms with Gasteiger partial charge in [-0.15, -0.1) is 0 Å². The summed E-state index contributed by atoms with van der Waals surface area (Å²) in [5.41, 5.74) is 4.02. The van der Waals surface area contributed by atoms with Gasteiger partial charge in [-0.3, -0.25) is 19.9 Å². The maximum atomic E-state index is 13.0. The van der Waals surface area contributed by atoms with Crippen LogP contribution in [0, 0.1) is 10.1 Å². The van der Waals surface area contributed by atoms with E-state index in [1.807, 2.05) is 62.6 Å². The van der Waals surface area contributed by atoms with Gasteiger partial charge < -0.3 is 15.0 Å². The molecule has 8 nitrogen and oxygen atoms in total. The number of nitro benzene ring substituents is 1. The van der Waals surface area contributed by atoms with E-state index in [0.29, 0.717) is 34.0 Å². The number of nitrogens with zero attached hydrogens (tertiary/aromatic N) is 3. The Bertz CT molecular complexity index is 1240. The molecule has 1 atom stereocenters. The van der Waals surface area contributed by atoms with Crippen LogP contribution in [0.1, 0.15) is 22.6 Å². The Labute approximate surface area is 191 Å². The zero-order valence-corrected chi connectivity index (χ0v) is 18.6. The highest BCUT2D eigenvalue weighted by molar-refractivity contribution is 6.24. The van der Waals surface area contributed by atoms with E-state index in [0.717, 1.165) is 12.1 Å². The van der Waals surface area contributed by atoms with Crippen molar-refractivity contribution in [2.24, 2.45) is 4.99 Å². The van der Waals surface area contributed by atoms with Crippen LogP contribution in [0.3, 0.4) is 0 Å². The summed E-state index contributed by atoms with van der Waals surface area (Å²) in [6, 6.07) is 19.5. The van der Waals surface area contributed by atoms with Crippen molar-refractivity contribution < 1.29 is 14.5 Å². The van der Waals surface area contributed by atoms with Crippen molar-refractivity contribution in [3.63, 3.8) is 0 Å². The quantitative estimate of drug-likeness (QED) is 0.328. The molecule has 168 valence electrons. The second-order valence-corrected chi connectivity index (χ2v) is 8.08. The first kappa shape index (κ1) is 22.2. The molecule has 0 saturated heterocycles. The molecule has 33 heavy (non-hydrogen) atoms. The molecule has 1 aliphatic heterocycles. The monoisotopic (exact) mass is 444 g/mol. The molecule has 1 aliphatic rings. The summed E-state index contributed by atoms with van der Waals surface area (Å²) in [6.07, 6.45) is 0. The molecule has 0 bridgehead atoms. The Morgan fingerprint density at radius 3 is 2.55 bits per heavy atom. The van der Waals surface area contributed by atoms with Crippen LogP contribution in [-0.4, -0.2) is 42.6 Å². The SMILES string of the molecule is COc1cccc(C(=Nc2ccc(CN(C)C)cc2)C2C(=O)Nc3ccc([N+](=O)[O-])cc32)c1. The minimum Gasteiger partial charge on any atom is -0.497 e. The predicted octanol–water partition coefficient (Wildman–Crippen LogP) is 4.52. The van der Waals surface area contributed by atoms with Crippen LogP contribution in [0.25, 0.3) is 0 Å². The Kier molecular flexibility index (Phi) is 6.19. The molecule has 1 heterocycles. The van der Waals surface area contributed by atoms with Crippen molar-refractivity contribution in [2.45, 2.75) is 12.5 Å². The molecule has 3 aromatic carbocycles. The number of rotatable bonds is 7. The Hall–Kier alpha value is -4.04. The van der Waals surface area contributed by atoms with Gasteiger partial charge in [-0.25, -0.2) is 0 Å². The lowest BCUT2D eigenvalue weighted by Gasteiger charge is -2.15. The highest BCUT2D eigenvalue weighted by atomic mass is 16.6. The minimum absolute atomic E-state index is 0.0757. The van der Waals surface area contributed by atoms with E-state index in [1.54, 1.807) is 13.2 Å². The average molecular weight is 444 g/mol. The molecule has 1 amide bonds. The second-order valence-electron chi connectivity index (χ2n) is 8.08. The van der Waals surface area contributed by atoms with Gasteiger partial charge in [0.2, 0.25) is 5.91 Å². The summed E-state index contributed by atoms with van der Waals surface area (Å²) in [4.78, 5) is 30.9. The molecule has 0 saturated carbocycles. The third kappa shape index (κ3) is 4.75. The lowest BCUT2D eigenvalue weighted by molar-refractivity contribution is -0.384. The number of carbonyl (C=O) groups excluding carboxylic acids is 1. The molecule has 0 aliphatic carbocycles. The van der Waals surface area contributed by atoms with Gasteiger partial charge in [0.1, 0.15) is 11.7 Å². The number of non-ortho nitro benzene ring substituents is 1. The highest BCUT2D eigenvalue weighted by Crippen LogP contribution is 2.38. The zero-order valence-electron chi connectivity index (χ0n) is 18.6. The van der Waals surface area contributed by atoms with Crippen molar-refractivity contribution >= 4 is 28.7 Å². The number of hydrogen-bond donors (Lipinski definition) is 1. The molecule has 4 rings (SSSR count). The molecule has 8 heteroatoms. The Morgan fingerprint density at radius 2 is 1.88 bits per heavy atom. The normalized spacial score (nSPS) is 15.3. The van der Waals surface area contributed by atoms with Crippen molar-refractivity contribution in [1.29, 1.82) is 0 Å². The van der Waals surface area contributed by atoms with Gasteiger partial charge in [-0.05, 0) is 50.0 Å². The van der Waals surface area contributed by atoms with E-state index in [9.17, 15) is 14.9 Å². The molecule has 1 N–H and O–H groups in total. The van der Waals surface area contributed by atoms with Gasteiger partial charge in [0, 0.05) is 35.5 Å². The fourth-order valence-corrected chi connectivity index (χ4v) is 3.89. The van der Waals surface area contributed by atoms with Crippen molar-refractivity contribution in [3.8, 4) is 5.75 Å². The van der Waals surface area contributed by atoms with E-state index in [2.05, 4.69) is 10.2 Å². The van der Waals surface area contributed by atoms with Crippen molar-refractivity contribution in [1.82, 2.24) is 4.90 Å². The lowest BCUT2D eigenvalue weighted by Crippen LogP contribution is -2.22. The van der Waals surface area contributed by atoms with E-state index in [-0.39, 0.29) is 11.6 Å². The number of amides is 1. The summed E-state index contributed by atoms with van der Waals surface area (Å²) in [6.45, 7) is 0.800. The summed E-state index contributed by atoms with van der Waals surface area (Å²) in [5.74, 6) is -0.455. The van der Waals surface area contributed by atoms with Crippen LogP contribution in [0.15, 0.2) is 71.7 Å². The second kappa shape index (κ2) is 9.22. The average Bonchev–Trinajstić information content (AvgIpc) is 3.13.